The summed E-state index contributed by atoms with van der Waals surface area (Å²) < 4.78 is 5.72. The largest absolute Gasteiger partial charge is 0.491 e. The van der Waals surface area contributed by atoms with Gasteiger partial charge >= 0.3 is 0 Å². The summed E-state index contributed by atoms with van der Waals surface area (Å²) >= 11 is 0. The average Bonchev–Trinajstić information content (AvgIpc) is 2.45. The van der Waals surface area contributed by atoms with Gasteiger partial charge in [-0.1, -0.05) is 0 Å². The fourth-order valence-corrected chi connectivity index (χ4v) is 1.91. The molecule has 2 rings (SSSR count). The summed E-state index contributed by atoms with van der Waals surface area (Å²) in [5.74, 6) is 0.806. The molecular weight excluding hydrogens is 254 g/mol. The van der Waals surface area contributed by atoms with Gasteiger partial charge in [0.15, 0.2) is 0 Å². The molecule has 0 spiro atoms. The monoisotopic (exact) mass is 273 g/mol. The molecular formula is C15H19N3O2. The Bertz CT molecular complexity index is 611. The van der Waals surface area contributed by atoms with Crippen LogP contribution in [0.15, 0.2) is 30.5 Å². The molecule has 1 heterocycles. The third-order valence-electron chi connectivity index (χ3n) is 3.06. The number of hydrogen-bond acceptors (Lipinski definition) is 4. The van der Waals surface area contributed by atoms with E-state index >= 15 is 0 Å². The molecule has 2 N–H and O–H groups in total. The number of rotatable bonds is 5. The zero-order valence-corrected chi connectivity index (χ0v) is 11.8. The van der Waals surface area contributed by atoms with Gasteiger partial charge in [0.05, 0.1) is 6.61 Å². The van der Waals surface area contributed by atoms with Crippen molar-refractivity contribution in [3.63, 3.8) is 0 Å². The summed E-state index contributed by atoms with van der Waals surface area (Å²) in [6.45, 7) is 0.481. The van der Waals surface area contributed by atoms with E-state index in [9.17, 15) is 4.79 Å². The second-order valence-corrected chi connectivity index (χ2v) is 4.79. The molecule has 0 unspecified atom stereocenters. The molecule has 0 saturated carbocycles. The number of benzene rings is 1. The van der Waals surface area contributed by atoms with Crippen molar-refractivity contribution in [2.24, 2.45) is 0 Å². The van der Waals surface area contributed by atoms with Gasteiger partial charge in [0.1, 0.15) is 11.3 Å². The number of nitrogens with two attached hydrogens (primary N) is 1. The van der Waals surface area contributed by atoms with E-state index in [-0.39, 0.29) is 5.91 Å². The SMILES string of the molecule is CN(C)C(=O)CCCOc1ccc(N)c2cccnc12. The molecule has 20 heavy (non-hydrogen) atoms. The van der Waals surface area contributed by atoms with E-state index in [1.807, 2.05) is 24.3 Å². The number of aromatic nitrogens is 1. The maximum absolute atomic E-state index is 11.5. The Morgan fingerprint density at radius 3 is 2.90 bits per heavy atom. The van der Waals surface area contributed by atoms with Crippen molar-refractivity contribution in [2.45, 2.75) is 12.8 Å². The molecule has 106 valence electrons. The predicted octanol–water partition coefficient (Wildman–Crippen LogP) is 2.06. The number of nitrogen functional groups attached to an aromatic ring is 1. The average molecular weight is 273 g/mol. The molecule has 1 amide bonds. The lowest BCUT2D eigenvalue weighted by atomic mass is 10.1. The van der Waals surface area contributed by atoms with E-state index in [0.717, 1.165) is 10.9 Å². The number of carbonyl (C=O) groups is 1. The number of hydrogen-bond donors (Lipinski definition) is 1. The van der Waals surface area contributed by atoms with Gasteiger partial charge in [0, 0.05) is 37.8 Å². The maximum Gasteiger partial charge on any atom is 0.222 e. The number of ether oxygens (including phenoxy) is 1. The topological polar surface area (TPSA) is 68.5 Å². The van der Waals surface area contributed by atoms with Gasteiger partial charge in [-0.3, -0.25) is 9.78 Å². The Morgan fingerprint density at radius 2 is 2.15 bits per heavy atom. The summed E-state index contributed by atoms with van der Waals surface area (Å²) in [5.41, 5.74) is 7.35. The van der Waals surface area contributed by atoms with Crippen molar-refractivity contribution in [2.75, 3.05) is 26.4 Å². The van der Waals surface area contributed by atoms with Gasteiger partial charge in [-0.2, -0.15) is 0 Å². The molecule has 0 radical (unpaired) electrons. The van der Waals surface area contributed by atoms with Crippen LogP contribution in [-0.4, -0.2) is 36.5 Å². The van der Waals surface area contributed by atoms with Crippen LogP contribution in [-0.2, 0) is 4.79 Å². The van der Waals surface area contributed by atoms with Crippen molar-refractivity contribution < 1.29 is 9.53 Å². The Hall–Kier alpha value is -2.30. The third-order valence-corrected chi connectivity index (χ3v) is 3.06. The number of fused-ring (bicyclic) bond motifs is 1. The number of nitrogens with zero attached hydrogens (tertiary/aromatic N) is 2. The second-order valence-electron chi connectivity index (χ2n) is 4.79. The van der Waals surface area contributed by atoms with E-state index in [1.165, 1.54) is 0 Å². The molecule has 0 saturated heterocycles. The lowest BCUT2D eigenvalue weighted by molar-refractivity contribution is -0.128. The second kappa shape index (κ2) is 6.23. The lowest BCUT2D eigenvalue weighted by Gasteiger charge is -2.11. The van der Waals surface area contributed by atoms with Gasteiger partial charge in [-0.15, -0.1) is 0 Å². The van der Waals surface area contributed by atoms with Crippen LogP contribution in [0, 0.1) is 0 Å². The lowest BCUT2D eigenvalue weighted by Crippen LogP contribution is -2.21. The summed E-state index contributed by atoms with van der Waals surface area (Å²) in [6, 6.07) is 7.39. The first-order valence-electron chi connectivity index (χ1n) is 6.56. The molecule has 0 aliphatic carbocycles. The summed E-state index contributed by atoms with van der Waals surface area (Å²) in [5, 5.41) is 0.884. The fourth-order valence-electron chi connectivity index (χ4n) is 1.91. The predicted molar refractivity (Wildman–Crippen MR) is 79.6 cm³/mol. The van der Waals surface area contributed by atoms with Crippen LogP contribution in [0.5, 0.6) is 5.75 Å². The minimum absolute atomic E-state index is 0.105. The van der Waals surface area contributed by atoms with Gasteiger partial charge < -0.3 is 15.4 Å². The fraction of sp³-hybridized carbons (Fsp3) is 0.333. The van der Waals surface area contributed by atoms with Crippen LogP contribution >= 0.6 is 0 Å². The van der Waals surface area contributed by atoms with Crippen LogP contribution in [0.1, 0.15) is 12.8 Å². The number of carbonyl (C=O) groups excluding carboxylic acids is 1. The Labute approximate surface area is 118 Å². The molecule has 1 aromatic carbocycles. The minimum Gasteiger partial charge on any atom is -0.491 e. The standard InChI is InChI=1S/C15H19N3O2/c1-18(2)14(19)6-4-10-20-13-8-7-12(16)11-5-3-9-17-15(11)13/h3,5,7-9H,4,6,10,16H2,1-2H3. The van der Waals surface area contributed by atoms with Crippen molar-refractivity contribution in [1.29, 1.82) is 0 Å². The van der Waals surface area contributed by atoms with Crippen molar-refractivity contribution >= 4 is 22.5 Å². The van der Waals surface area contributed by atoms with Crippen LogP contribution in [0.3, 0.4) is 0 Å². The molecule has 0 fully saturated rings. The highest BCUT2D eigenvalue weighted by atomic mass is 16.5. The van der Waals surface area contributed by atoms with Crippen molar-refractivity contribution in [1.82, 2.24) is 9.88 Å². The molecule has 5 heteroatoms. The summed E-state index contributed by atoms with van der Waals surface area (Å²) in [6.07, 6.45) is 2.87. The molecule has 0 bridgehead atoms. The molecule has 0 aliphatic heterocycles. The summed E-state index contributed by atoms with van der Waals surface area (Å²) in [7, 11) is 3.50. The molecule has 5 nitrogen and oxygen atoms in total. The Balaban J connectivity index is 2.00. The highest BCUT2D eigenvalue weighted by molar-refractivity contribution is 5.94. The highest BCUT2D eigenvalue weighted by Gasteiger charge is 2.07. The van der Waals surface area contributed by atoms with Gasteiger partial charge in [-0.25, -0.2) is 0 Å². The number of pyridine rings is 1. The van der Waals surface area contributed by atoms with Gasteiger partial charge in [0.2, 0.25) is 5.91 Å². The van der Waals surface area contributed by atoms with E-state index < -0.39 is 0 Å². The van der Waals surface area contributed by atoms with Crippen LogP contribution in [0.2, 0.25) is 0 Å². The van der Waals surface area contributed by atoms with E-state index in [2.05, 4.69) is 4.98 Å². The number of amides is 1. The quantitative estimate of drug-likeness (QED) is 0.669. The van der Waals surface area contributed by atoms with Gasteiger partial charge in [0.25, 0.3) is 0 Å². The Kier molecular flexibility index (Phi) is 4.40. The first kappa shape index (κ1) is 14.1. The van der Waals surface area contributed by atoms with Crippen LogP contribution < -0.4 is 10.5 Å². The zero-order chi connectivity index (χ0) is 14.5. The smallest absolute Gasteiger partial charge is 0.222 e. The van der Waals surface area contributed by atoms with Crippen LogP contribution in [0.4, 0.5) is 5.69 Å². The molecule has 0 aliphatic rings. The Morgan fingerprint density at radius 1 is 1.35 bits per heavy atom. The first-order valence-corrected chi connectivity index (χ1v) is 6.56. The van der Waals surface area contributed by atoms with Crippen molar-refractivity contribution in [3.05, 3.63) is 30.5 Å². The third kappa shape index (κ3) is 3.17. The zero-order valence-electron chi connectivity index (χ0n) is 11.8. The van der Waals surface area contributed by atoms with E-state index in [4.69, 9.17) is 10.5 Å². The molecule has 0 atom stereocenters. The molecule has 1 aromatic heterocycles. The van der Waals surface area contributed by atoms with E-state index in [1.54, 1.807) is 25.2 Å². The van der Waals surface area contributed by atoms with E-state index in [0.29, 0.717) is 30.9 Å². The highest BCUT2D eigenvalue weighted by Crippen LogP contribution is 2.28. The minimum atomic E-state index is 0.105. The van der Waals surface area contributed by atoms with Crippen LogP contribution in [0.25, 0.3) is 10.9 Å². The molecule has 2 aromatic rings. The van der Waals surface area contributed by atoms with Crippen molar-refractivity contribution in [3.8, 4) is 5.75 Å². The normalized spacial score (nSPS) is 10.5. The first-order chi connectivity index (χ1) is 9.59. The van der Waals surface area contributed by atoms with Gasteiger partial charge in [-0.05, 0) is 30.7 Å². The number of anilines is 1. The maximum atomic E-state index is 11.5. The summed E-state index contributed by atoms with van der Waals surface area (Å²) in [4.78, 5) is 17.3.